The molecule has 2 aliphatic rings. The van der Waals surface area contributed by atoms with Crippen LogP contribution >= 0.6 is 0 Å². The number of morpholine rings is 1. The van der Waals surface area contributed by atoms with Crippen molar-refractivity contribution in [3.8, 4) is 0 Å². The summed E-state index contributed by atoms with van der Waals surface area (Å²) in [4.78, 5) is 26.6. The zero-order valence-corrected chi connectivity index (χ0v) is 13.4. The molecule has 1 amide bonds. The third-order valence-corrected chi connectivity index (χ3v) is 4.09. The number of nitrogens with zero attached hydrogens (tertiary/aromatic N) is 1. The summed E-state index contributed by atoms with van der Waals surface area (Å²) < 4.78 is 10.9. The normalized spacial score (nSPS) is 24.7. The Balaban J connectivity index is 2.04. The molecule has 0 spiro atoms. The van der Waals surface area contributed by atoms with Crippen molar-refractivity contribution in [1.29, 1.82) is 0 Å². The van der Waals surface area contributed by atoms with Crippen LogP contribution in [0.15, 0.2) is 0 Å². The number of hydrogen-bond donors (Lipinski definition) is 0. The number of rotatable bonds is 2. The number of carbonyl (C=O) groups is 2. The summed E-state index contributed by atoms with van der Waals surface area (Å²) in [7, 11) is 0. The maximum absolute atomic E-state index is 12.7. The van der Waals surface area contributed by atoms with Gasteiger partial charge in [-0.1, -0.05) is 19.3 Å². The van der Waals surface area contributed by atoms with Crippen molar-refractivity contribution in [2.24, 2.45) is 5.92 Å². The van der Waals surface area contributed by atoms with Crippen molar-refractivity contribution in [2.75, 3.05) is 19.8 Å². The molecule has 1 heterocycles. The average Bonchev–Trinajstić information content (AvgIpc) is 2.45. The molecule has 2 fully saturated rings. The number of Topliss-reactive ketones (excluding diaryl/α,β-unsaturated/α-hetero) is 1. The first-order valence-corrected chi connectivity index (χ1v) is 7.99. The Morgan fingerprint density at radius 2 is 1.81 bits per heavy atom. The molecule has 120 valence electrons. The van der Waals surface area contributed by atoms with E-state index in [4.69, 9.17) is 9.47 Å². The Morgan fingerprint density at radius 3 is 2.43 bits per heavy atom. The van der Waals surface area contributed by atoms with E-state index in [2.05, 4.69) is 0 Å². The Labute approximate surface area is 127 Å². The number of carbonyl (C=O) groups excluding carboxylic acids is 2. The van der Waals surface area contributed by atoms with E-state index in [1.165, 1.54) is 6.42 Å². The molecule has 1 aliphatic heterocycles. The first kappa shape index (κ1) is 16.3. The van der Waals surface area contributed by atoms with Gasteiger partial charge in [0.25, 0.3) is 0 Å². The van der Waals surface area contributed by atoms with E-state index in [0.29, 0.717) is 19.8 Å². The van der Waals surface area contributed by atoms with Crippen LogP contribution in [0.25, 0.3) is 0 Å². The summed E-state index contributed by atoms with van der Waals surface area (Å²) in [5, 5.41) is 0. The third-order valence-electron chi connectivity index (χ3n) is 4.09. The molecule has 1 atom stereocenters. The first-order valence-electron chi connectivity index (χ1n) is 7.99. The van der Waals surface area contributed by atoms with Crippen LogP contribution in [0.2, 0.25) is 0 Å². The van der Waals surface area contributed by atoms with Crippen molar-refractivity contribution in [3.63, 3.8) is 0 Å². The van der Waals surface area contributed by atoms with Gasteiger partial charge in [-0.3, -0.25) is 9.69 Å². The van der Waals surface area contributed by atoms with Gasteiger partial charge in [-0.2, -0.15) is 0 Å². The molecule has 5 heteroatoms. The molecule has 0 aromatic rings. The fourth-order valence-electron chi connectivity index (χ4n) is 3.04. The molecule has 0 N–H and O–H groups in total. The predicted octanol–water partition coefficient (Wildman–Crippen LogP) is 2.77. The molecule has 1 unspecified atom stereocenters. The second-order valence-corrected chi connectivity index (χ2v) is 7.00. The lowest BCUT2D eigenvalue weighted by Gasteiger charge is -2.37. The minimum atomic E-state index is -0.548. The number of amides is 1. The van der Waals surface area contributed by atoms with Crippen molar-refractivity contribution in [3.05, 3.63) is 0 Å². The second kappa shape index (κ2) is 6.77. The van der Waals surface area contributed by atoms with Gasteiger partial charge in [0.1, 0.15) is 11.6 Å². The molecular weight excluding hydrogens is 270 g/mol. The van der Waals surface area contributed by atoms with Gasteiger partial charge in [0.15, 0.2) is 5.78 Å². The minimum Gasteiger partial charge on any atom is -0.444 e. The summed E-state index contributed by atoms with van der Waals surface area (Å²) >= 11 is 0. The van der Waals surface area contributed by atoms with Gasteiger partial charge in [0.2, 0.25) is 0 Å². The van der Waals surface area contributed by atoms with Gasteiger partial charge >= 0.3 is 6.09 Å². The van der Waals surface area contributed by atoms with Gasteiger partial charge in [0, 0.05) is 12.5 Å². The van der Waals surface area contributed by atoms with E-state index >= 15 is 0 Å². The van der Waals surface area contributed by atoms with Crippen molar-refractivity contribution in [1.82, 2.24) is 4.90 Å². The number of ketones is 1. The molecule has 0 aromatic heterocycles. The van der Waals surface area contributed by atoms with E-state index in [9.17, 15) is 9.59 Å². The van der Waals surface area contributed by atoms with Crippen LogP contribution in [0.3, 0.4) is 0 Å². The van der Waals surface area contributed by atoms with Crippen LogP contribution in [-0.4, -0.2) is 48.2 Å². The van der Waals surface area contributed by atoms with Gasteiger partial charge in [-0.25, -0.2) is 4.79 Å². The van der Waals surface area contributed by atoms with Crippen LogP contribution in [0, 0.1) is 5.92 Å². The van der Waals surface area contributed by atoms with E-state index in [1.807, 2.05) is 20.8 Å². The fourth-order valence-corrected chi connectivity index (χ4v) is 3.04. The number of hydrogen-bond acceptors (Lipinski definition) is 4. The Kier molecular flexibility index (Phi) is 5.25. The van der Waals surface area contributed by atoms with E-state index in [-0.39, 0.29) is 11.7 Å². The van der Waals surface area contributed by atoms with Crippen LogP contribution in [-0.2, 0) is 14.3 Å². The summed E-state index contributed by atoms with van der Waals surface area (Å²) in [5.74, 6) is 0.232. The largest absolute Gasteiger partial charge is 0.444 e. The molecule has 0 aromatic carbocycles. The second-order valence-electron chi connectivity index (χ2n) is 7.00. The summed E-state index contributed by atoms with van der Waals surface area (Å²) in [5.41, 5.74) is -0.548. The van der Waals surface area contributed by atoms with Crippen molar-refractivity contribution >= 4 is 11.9 Å². The van der Waals surface area contributed by atoms with Gasteiger partial charge in [0.05, 0.1) is 13.2 Å². The molecule has 1 saturated heterocycles. The standard InChI is InChI=1S/C16H27NO4/c1-16(2,3)21-15(19)17-9-10-20-11-13(17)14(18)12-7-5-4-6-8-12/h12-13H,4-11H2,1-3H3. The molecule has 5 nitrogen and oxygen atoms in total. The molecule has 0 radical (unpaired) electrons. The zero-order chi connectivity index (χ0) is 15.5. The average molecular weight is 297 g/mol. The highest BCUT2D eigenvalue weighted by Gasteiger charge is 2.38. The van der Waals surface area contributed by atoms with Crippen LogP contribution in [0.4, 0.5) is 4.79 Å². The number of ether oxygens (including phenoxy) is 2. The summed E-state index contributed by atoms with van der Waals surface area (Å²) in [6, 6.07) is -0.475. The van der Waals surface area contributed by atoms with Crippen molar-refractivity contribution < 1.29 is 19.1 Å². The van der Waals surface area contributed by atoms with E-state index < -0.39 is 17.7 Å². The van der Waals surface area contributed by atoms with Gasteiger partial charge in [-0.05, 0) is 33.6 Å². The highest BCUT2D eigenvalue weighted by atomic mass is 16.6. The quantitative estimate of drug-likeness (QED) is 0.786. The lowest BCUT2D eigenvalue weighted by Crippen LogP contribution is -2.55. The Bertz CT molecular complexity index is 382. The minimum absolute atomic E-state index is 0.0791. The highest BCUT2D eigenvalue weighted by molar-refractivity contribution is 5.89. The molecule has 1 aliphatic carbocycles. The summed E-state index contributed by atoms with van der Waals surface area (Å²) in [6.07, 6.45) is 4.91. The summed E-state index contributed by atoms with van der Waals surface area (Å²) in [6.45, 7) is 6.70. The van der Waals surface area contributed by atoms with Crippen LogP contribution < -0.4 is 0 Å². The van der Waals surface area contributed by atoms with Gasteiger partial charge < -0.3 is 9.47 Å². The lowest BCUT2D eigenvalue weighted by atomic mass is 9.83. The predicted molar refractivity (Wildman–Crippen MR) is 79.1 cm³/mol. The van der Waals surface area contributed by atoms with Crippen molar-refractivity contribution in [2.45, 2.75) is 64.5 Å². The SMILES string of the molecule is CC(C)(C)OC(=O)N1CCOCC1C(=O)C1CCCCC1. The van der Waals surface area contributed by atoms with Gasteiger partial charge in [-0.15, -0.1) is 0 Å². The fraction of sp³-hybridized carbons (Fsp3) is 0.875. The molecule has 0 bridgehead atoms. The maximum Gasteiger partial charge on any atom is 0.411 e. The third kappa shape index (κ3) is 4.43. The topological polar surface area (TPSA) is 55.8 Å². The Hall–Kier alpha value is -1.10. The van der Waals surface area contributed by atoms with Crippen LogP contribution in [0.1, 0.15) is 52.9 Å². The molecule has 21 heavy (non-hydrogen) atoms. The van der Waals surface area contributed by atoms with Crippen LogP contribution in [0.5, 0.6) is 0 Å². The zero-order valence-electron chi connectivity index (χ0n) is 13.4. The Morgan fingerprint density at radius 1 is 1.14 bits per heavy atom. The first-order chi connectivity index (χ1) is 9.88. The van der Waals surface area contributed by atoms with E-state index in [0.717, 1.165) is 25.7 Å². The molecular formula is C16H27NO4. The molecule has 2 rings (SSSR count). The maximum atomic E-state index is 12.7. The molecule has 1 saturated carbocycles. The smallest absolute Gasteiger partial charge is 0.411 e. The van der Waals surface area contributed by atoms with E-state index in [1.54, 1.807) is 4.90 Å². The lowest BCUT2D eigenvalue weighted by molar-refractivity contribution is -0.135. The highest BCUT2D eigenvalue weighted by Crippen LogP contribution is 2.27. The monoisotopic (exact) mass is 297 g/mol.